The van der Waals surface area contributed by atoms with Crippen LogP contribution in [0.1, 0.15) is 37.8 Å². The van der Waals surface area contributed by atoms with Crippen molar-refractivity contribution >= 4 is 11.9 Å². The van der Waals surface area contributed by atoms with Crippen LogP contribution in [-0.2, 0) is 14.3 Å². The number of carbonyl (C=O) groups is 2. The van der Waals surface area contributed by atoms with Crippen LogP contribution in [-0.4, -0.2) is 54.3 Å². The molecule has 0 saturated heterocycles. The molecule has 0 fully saturated rings. The van der Waals surface area contributed by atoms with Gasteiger partial charge in [-0.2, -0.15) is 0 Å². The van der Waals surface area contributed by atoms with Crippen molar-refractivity contribution < 1.29 is 24.2 Å². The van der Waals surface area contributed by atoms with Gasteiger partial charge in [0.15, 0.2) is 6.61 Å². The van der Waals surface area contributed by atoms with Crippen molar-refractivity contribution in [1.82, 2.24) is 4.90 Å². The van der Waals surface area contributed by atoms with Gasteiger partial charge < -0.3 is 19.5 Å². The van der Waals surface area contributed by atoms with E-state index in [4.69, 9.17) is 9.47 Å². The summed E-state index contributed by atoms with van der Waals surface area (Å²) in [5, 5.41) is 9.53. The first-order chi connectivity index (χ1) is 11.9. The first-order valence-electron chi connectivity index (χ1n) is 8.68. The number of hydrogen-bond donors (Lipinski definition) is 1. The summed E-state index contributed by atoms with van der Waals surface area (Å²) in [5.41, 5.74) is 2.00. The zero-order chi connectivity index (χ0) is 18.8. The van der Waals surface area contributed by atoms with Crippen molar-refractivity contribution in [1.29, 1.82) is 0 Å². The Hall–Kier alpha value is -2.08. The fraction of sp³-hybridized carbons (Fsp3) is 0.579. The van der Waals surface area contributed by atoms with Crippen LogP contribution in [0.15, 0.2) is 18.2 Å². The lowest BCUT2D eigenvalue weighted by Gasteiger charge is -2.29. The van der Waals surface area contributed by atoms with Gasteiger partial charge in [0.05, 0.1) is 25.7 Å². The molecule has 1 amide bonds. The van der Waals surface area contributed by atoms with Gasteiger partial charge in [0.2, 0.25) is 0 Å². The highest BCUT2D eigenvalue weighted by atomic mass is 16.5. The first-order valence-corrected chi connectivity index (χ1v) is 8.68. The number of nitrogens with zero attached hydrogens (tertiary/aromatic N) is 1. The molecule has 0 bridgehead atoms. The predicted molar refractivity (Wildman–Crippen MR) is 95.5 cm³/mol. The molecule has 0 aliphatic carbocycles. The van der Waals surface area contributed by atoms with Gasteiger partial charge in [-0.15, -0.1) is 0 Å². The van der Waals surface area contributed by atoms with Crippen molar-refractivity contribution in [3.8, 4) is 5.75 Å². The highest BCUT2D eigenvalue weighted by Gasteiger charge is 2.23. The maximum atomic E-state index is 12.6. The summed E-state index contributed by atoms with van der Waals surface area (Å²) >= 11 is 0. The van der Waals surface area contributed by atoms with Gasteiger partial charge >= 0.3 is 5.97 Å². The number of benzene rings is 1. The number of ether oxygens (including phenoxy) is 2. The quantitative estimate of drug-likeness (QED) is 0.654. The van der Waals surface area contributed by atoms with Crippen LogP contribution in [0.2, 0.25) is 0 Å². The molecule has 1 rings (SSSR count). The van der Waals surface area contributed by atoms with E-state index in [9.17, 15) is 14.7 Å². The summed E-state index contributed by atoms with van der Waals surface area (Å²) in [6.07, 6.45) is 0.689. The van der Waals surface area contributed by atoms with E-state index in [0.717, 1.165) is 11.1 Å². The molecule has 1 atom stereocenters. The number of rotatable bonds is 10. The average molecular weight is 351 g/mol. The number of aliphatic hydroxyl groups excluding tert-OH is 1. The Labute approximate surface area is 149 Å². The minimum atomic E-state index is -0.358. The Balaban J connectivity index is 2.74. The van der Waals surface area contributed by atoms with Gasteiger partial charge in [-0.1, -0.05) is 19.1 Å². The SMILES string of the molecule is CCOC(=O)CCN(C(=O)COc1cc(C)ccc1C)C(CC)CO. The minimum Gasteiger partial charge on any atom is -0.483 e. The van der Waals surface area contributed by atoms with E-state index in [2.05, 4.69) is 0 Å². The molecule has 140 valence electrons. The summed E-state index contributed by atoms with van der Waals surface area (Å²) < 4.78 is 10.6. The lowest BCUT2D eigenvalue weighted by atomic mass is 10.1. The number of esters is 1. The van der Waals surface area contributed by atoms with Gasteiger partial charge in [-0.3, -0.25) is 9.59 Å². The smallest absolute Gasteiger partial charge is 0.307 e. The van der Waals surface area contributed by atoms with Crippen molar-refractivity contribution in [2.75, 3.05) is 26.4 Å². The number of aryl methyl sites for hydroxylation is 2. The number of carbonyl (C=O) groups excluding carboxylic acids is 2. The Morgan fingerprint density at radius 3 is 2.56 bits per heavy atom. The fourth-order valence-corrected chi connectivity index (χ4v) is 2.49. The number of amides is 1. The Morgan fingerprint density at radius 2 is 1.96 bits per heavy atom. The van der Waals surface area contributed by atoms with E-state index in [0.29, 0.717) is 18.8 Å². The number of aliphatic hydroxyl groups is 1. The standard InChI is InChI=1S/C19H29NO5/c1-5-16(12-21)20(10-9-19(23)24-6-2)18(22)13-25-17-11-14(3)7-8-15(17)4/h7-8,11,16,21H,5-6,9-10,12-13H2,1-4H3. The highest BCUT2D eigenvalue weighted by Crippen LogP contribution is 2.19. The van der Waals surface area contributed by atoms with Crippen LogP contribution >= 0.6 is 0 Å². The molecule has 0 spiro atoms. The van der Waals surface area contributed by atoms with Gasteiger partial charge in [-0.05, 0) is 44.4 Å². The Bertz CT molecular complexity index is 569. The molecular formula is C19H29NO5. The normalized spacial score (nSPS) is 11.7. The van der Waals surface area contributed by atoms with Gasteiger partial charge in [0, 0.05) is 6.54 Å². The molecule has 6 heteroatoms. The molecule has 0 aromatic heterocycles. The predicted octanol–water partition coefficient (Wildman–Crippen LogP) is 2.23. The summed E-state index contributed by atoms with van der Waals surface area (Å²) in [6.45, 7) is 7.71. The van der Waals surface area contributed by atoms with E-state index in [1.807, 2.05) is 39.0 Å². The largest absolute Gasteiger partial charge is 0.483 e. The second kappa shape index (κ2) is 10.7. The summed E-state index contributed by atoms with van der Waals surface area (Å²) in [7, 11) is 0. The molecule has 0 saturated carbocycles. The summed E-state index contributed by atoms with van der Waals surface area (Å²) in [5.74, 6) is 0.0467. The molecule has 0 heterocycles. The molecular weight excluding hydrogens is 322 g/mol. The van der Waals surface area contributed by atoms with Gasteiger partial charge in [-0.25, -0.2) is 0 Å². The molecule has 6 nitrogen and oxygen atoms in total. The number of hydrogen-bond acceptors (Lipinski definition) is 5. The van der Waals surface area contributed by atoms with E-state index in [-0.39, 0.29) is 44.1 Å². The Morgan fingerprint density at radius 1 is 1.24 bits per heavy atom. The zero-order valence-corrected chi connectivity index (χ0v) is 15.6. The van der Waals surface area contributed by atoms with Crippen molar-refractivity contribution in [3.05, 3.63) is 29.3 Å². The van der Waals surface area contributed by atoms with Crippen LogP contribution in [0.25, 0.3) is 0 Å². The van der Waals surface area contributed by atoms with Gasteiger partial charge in [0.1, 0.15) is 5.75 Å². The van der Waals surface area contributed by atoms with Crippen molar-refractivity contribution in [2.24, 2.45) is 0 Å². The Kier molecular flexibility index (Phi) is 8.99. The van der Waals surface area contributed by atoms with Crippen LogP contribution in [0.3, 0.4) is 0 Å². The molecule has 0 aliphatic heterocycles. The van der Waals surface area contributed by atoms with Crippen molar-refractivity contribution in [3.63, 3.8) is 0 Å². The summed E-state index contributed by atoms with van der Waals surface area (Å²) in [6, 6.07) is 5.46. The lowest BCUT2D eigenvalue weighted by molar-refractivity contribution is -0.145. The summed E-state index contributed by atoms with van der Waals surface area (Å²) in [4.78, 5) is 25.7. The third-order valence-corrected chi connectivity index (χ3v) is 4.00. The van der Waals surface area contributed by atoms with E-state index >= 15 is 0 Å². The molecule has 1 unspecified atom stereocenters. The third kappa shape index (κ3) is 6.74. The van der Waals surface area contributed by atoms with Crippen LogP contribution in [0.5, 0.6) is 5.75 Å². The van der Waals surface area contributed by atoms with Gasteiger partial charge in [0.25, 0.3) is 5.91 Å². The van der Waals surface area contributed by atoms with E-state index < -0.39 is 0 Å². The van der Waals surface area contributed by atoms with E-state index in [1.54, 1.807) is 6.92 Å². The topological polar surface area (TPSA) is 76.1 Å². The second-order valence-corrected chi connectivity index (χ2v) is 5.94. The first kappa shape index (κ1) is 21.0. The maximum absolute atomic E-state index is 12.6. The third-order valence-electron chi connectivity index (χ3n) is 4.00. The zero-order valence-electron chi connectivity index (χ0n) is 15.6. The fourth-order valence-electron chi connectivity index (χ4n) is 2.49. The molecule has 0 aliphatic rings. The lowest BCUT2D eigenvalue weighted by Crippen LogP contribution is -2.45. The molecule has 1 N–H and O–H groups in total. The van der Waals surface area contributed by atoms with Crippen LogP contribution < -0.4 is 4.74 Å². The second-order valence-electron chi connectivity index (χ2n) is 5.94. The molecule has 1 aromatic rings. The monoisotopic (exact) mass is 351 g/mol. The molecule has 1 aromatic carbocycles. The van der Waals surface area contributed by atoms with Crippen molar-refractivity contribution in [2.45, 2.75) is 46.6 Å². The van der Waals surface area contributed by atoms with Crippen LogP contribution in [0.4, 0.5) is 0 Å². The maximum Gasteiger partial charge on any atom is 0.307 e. The molecule has 25 heavy (non-hydrogen) atoms. The highest BCUT2D eigenvalue weighted by molar-refractivity contribution is 5.79. The average Bonchev–Trinajstić information content (AvgIpc) is 2.59. The minimum absolute atomic E-state index is 0.0968. The van der Waals surface area contributed by atoms with E-state index in [1.165, 1.54) is 4.90 Å². The molecule has 0 radical (unpaired) electrons. The van der Waals surface area contributed by atoms with Crippen LogP contribution in [0, 0.1) is 13.8 Å².